The molecule has 1 aliphatic heterocycles. The molecule has 7 nitrogen and oxygen atoms in total. The number of carbonyl (C=O) groups is 1. The number of nitrogen functional groups attached to an aromatic ring is 1. The van der Waals surface area contributed by atoms with Crippen molar-refractivity contribution in [1.29, 1.82) is 0 Å². The van der Waals surface area contributed by atoms with Gasteiger partial charge < -0.3 is 15.6 Å². The number of aromatic nitrogens is 2. The molecule has 0 bridgehead atoms. The van der Waals surface area contributed by atoms with E-state index in [0.29, 0.717) is 19.0 Å². The van der Waals surface area contributed by atoms with Crippen LogP contribution in [0.2, 0.25) is 0 Å². The fourth-order valence-corrected chi connectivity index (χ4v) is 2.72. The second kappa shape index (κ2) is 5.94. The minimum Gasteiger partial charge on any atom is -0.392 e. The number of nitrogens with zero attached hydrogens (tertiary/aromatic N) is 1. The Labute approximate surface area is 116 Å². The summed E-state index contributed by atoms with van der Waals surface area (Å²) in [7, 11) is 0. The van der Waals surface area contributed by atoms with E-state index in [1.54, 1.807) is 4.90 Å². The van der Waals surface area contributed by atoms with Crippen molar-refractivity contribution in [2.45, 2.75) is 32.6 Å². The molecule has 0 aromatic carbocycles. The predicted molar refractivity (Wildman–Crippen MR) is 75.6 cm³/mol. The molecule has 20 heavy (non-hydrogen) atoms. The van der Waals surface area contributed by atoms with Gasteiger partial charge in [0, 0.05) is 13.1 Å². The van der Waals surface area contributed by atoms with Crippen LogP contribution in [0.5, 0.6) is 0 Å². The standard InChI is InChI=1S/C13H20N4O3/c1-2-4-8-5-3-6-17(7-8)12(19)10-9(14)11(18)16-13(20)15-10/h8H,2-7,14H2,1H3,(H2,15,16,18,20). The van der Waals surface area contributed by atoms with Crippen LogP contribution in [0.15, 0.2) is 9.59 Å². The third kappa shape index (κ3) is 2.92. The number of hydrogen-bond donors (Lipinski definition) is 3. The summed E-state index contributed by atoms with van der Waals surface area (Å²) in [5.41, 5.74) is 3.82. The van der Waals surface area contributed by atoms with Crippen molar-refractivity contribution in [2.24, 2.45) is 5.92 Å². The summed E-state index contributed by atoms with van der Waals surface area (Å²) >= 11 is 0. The van der Waals surface area contributed by atoms with E-state index in [0.717, 1.165) is 25.7 Å². The molecule has 2 heterocycles. The van der Waals surface area contributed by atoms with Gasteiger partial charge in [0.15, 0.2) is 0 Å². The monoisotopic (exact) mass is 280 g/mol. The number of carbonyl (C=O) groups excluding carboxylic acids is 1. The number of nitrogens with one attached hydrogen (secondary N) is 2. The van der Waals surface area contributed by atoms with E-state index >= 15 is 0 Å². The molecule has 1 aromatic rings. The highest BCUT2D eigenvalue weighted by Gasteiger charge is 2.26. The molecule has 1 amide bonds. The zero-order valence-electron chi connectivity index (χ0n) is 11.6. The Balaban J connectivity index is 2.23. The SMILES string of the molecule is CCCC1CCCN(C(=O)c2[nH]c(=O)[nH]c(=O)c2N)C1. The van der Waals surface area contributed by atoms with E-state index < -0.39 is 11.2 Å². The van der Waals surface area contributed by atoms with Gasteiger partial charge in [-0.15, -0.1) is 0 Å². The van der Waals surface area contributed by atoms with Crippen LogP contribution in [0.1, 0.15) is 43.1 Å². The maximum atomic E-state index is 12.4. The first kappa shape index (κ1) is 14.4. The van der Waals surface area contributed by atoms with Crippen molar-refractivity contribution in [3.05, 3.63) is 26.5 Å². The largest absolute Gasteiger partial charge is 0.392 e. The molecule has 1 fully saturated rings. The number of likely N-dealkylation sites (tertiary alicyclic amines) is 1. The minimum atomic E-state index is -0.723. The lowest BCUT2D eigenvalue weighted by Gasteiger charge is -2.32. The maximum absolute atomic E-state index is 12.4. The summed E-state index contributed by atoms with van der Waals surface area (Å²) in [6, 6.07) is 0. The average molecular weight is 280 g/mol. The Morgan fingerprint density at radius 2 is 2.15 bits per heavy atom. The topological polar surface area (TPSA) is 112 Å². The van der Waals surface area contributed by atoms with Gasteiger partial charge in [0.05, 0.1) is 0 Å². The molecular weight excluding hydrogens is 260 g/mol. The summed E-state index contributed by atoms with van der Waals surface area (Å²) in [6.07, 6.45) is 4.20. The molecule has 7 heteroatoms. The Bertz CT molecular complexity index is 602. The second-order valence-corrected chi connectivity index (χ2v) is 5.25. The Morgan fingerprint density at radius 3 is 2.85 bits per heavy atom. The normalized spacial score (nSPS) is 19.1. The van der Waals surface area contributed by atoms with Crippen molar-refractivity contribution >= 4 is 11.6 Å². The third-order valence-corrected chi connectivity index (χ3v) is 3.70. The molecule has 110 valence electrons. The van der Waals surface area contributed by atoms with E-state index in [4.69, 9.17) is 5.73 Å². The summed E-state index contributed by atoms with van der Waals surface area (Å²) in [5.74, 6) is 0.110. The fourth-order valence-electron chi connectivity index (χ4n) is 2.72. The Morgan fingerprint density at radius 1 is 1.40 bits per heavy atom. The molecule has 1 saturated heterocycles. The third-order valence-electron chi connectivity index (χ3n) is 3.70. The van der Waals surface area contributed by atoms with Gasteiger partial charge >= 0.3 is 5.69 Å². The minimum absolute atomic E-state index is 0.101. The lowest BCUT2D eigenvalue weighted by atomic mass is 9.93. The van der Waals surface area contributed by atoms with E-state index in [9.17, 15) is 14.4 Å². The van der Waals surface area contributed by atoms with Crippen LogP contribution >= 0.6 is 0 Å². The number of rotatable bonds is 3. The first-order valence-electron chi connectivity index (χ1n) is 6.94. The first-order valence-corrected chi connectivity index (χ1v) is 6.94. The van der Waals surface area contributed by atoms with Crippen molar-refractivity contribution < 1.29 is 4.79 Å². The first-order chi connectivity index (χ1) is 9.52. The van der Waals surface area contributed by atoms with Crippen molar-refractivity contribution in [3.8, 4) is 0 Å². The molecule has 1 aliphatic rings. The van der Waals surface area contributed by atoms with Crippen LogP contribution in [-0.4, -0.2) is 33.9 Å². The van der Waals surface area contributed by atoms with Crippen molar-refractivity contribution in [1.82, 2.24) is 14.9 Å². The molecule has 0 saturated carbocycles. The van der Waals surface area contributed by atoms with Gasteiger partial charge in [0.2, 0.25) is 0 Å². The molecular formula is C13H20N4O3. The van der Waals surface area contributed by atoms with Gasteiger partial charge in [-0.1, -0.05) is 13.3 Å². The number of anilines is 1. The van der Waals surface area contributed by atoms with Crippen LogP contribution < -0.4 is 17.0 Å². The average Bonchev–Trinajstić information content (AvgIpc) is 2.43. The van der Waals surface area contributed by atoms with Crippen LogP contribution in [-0.2, 0) is 0 Å². The quantitative estimate of drug-likeness (QED) is 0.739. The smallest absolute Gasteiger partial charge is 0.326 e. The molecule has 4 N–H and O–H groups in total. The second-order valence-electron chi connectivity index (χ2n) is 5.25. The van der Waals surface area contributed by atoms with Crippen LogP contribution in [0, 0.1) is 5.92 Å². The van der Waals surface area contributed by atoms with Gasteiger partial charge in [-0.2, -0.15) is 0 Å². The lowest BCUT2D eigenvalue weighted by molar-refractivity contribution is 0.0662. The predicted octanol–water partition coefficient (Wildman–Crippen LogP) is 0.298. The fraction of sp³-hybridized carbons (Fsp3) is 0.615. The van der Waals surface area contributed by atoms with Gasteiger partial charge in [0.25, 0.3) is 11.5 Å². The zero-order chi connectivity index (χ0) is 14.7. The highest BCUT2D eigenvalue weighted by atomic mass is 16.2. The van der Waals surface area contributed by atoms with Gasteiger partial charge in [-0.25, -0.2) is 4.79 Å². The summed E-state index contributed by atoms with van der Waals surface area (Å²) < 4.78 is 0. The highest BCUT2D eigenvalue weighted by Crippen LogP contribution is 2.22. The molecule has 1 atom stereocenters. The lowest BCUT2D eigenvalue weighted by Crippen LogP contribution is -2.42. The van der Waals surface area contributed by atoms with Crippen molar-refractivity contribution in [3.63, 3.8) is 0 Å². The van der Waals surface area contributed by atoms with Crippen LogP contribution in [0.4, 0.5) is 5.69 Å². The molecule has 0 radical (unpaired) electrons. The Hall–Kier alpha value is -2.05. The maximum Gasteiger partial charge on any atom is 0.326 e. The Kier molecular flexibility index (Phi) is 4.26. The molecule has 0 spiro atoms. The van der Waals surface area contributed by atoms with E-state index in [-0.39, 0.29) is 17.3 Å². The van der Waals surface area contributed by atoms with Gasteiger partial charge in [-0.3, -0.25) is 14.6 Å². The van der Waals surface area contributed by atoms with E-state index in [1.165, 1.54) is 0 Å². The molecule has 0 aliphatic carbocycles. The van der Waals surface area contributed by atoms with Crippen LogP contribution in [0.25, 0.3) is 0 Å². The van der Waals surface area contributed by atoms with Crippen molar-refractivity contribution in [2.75, 3.05) is 18.8 Å². The molecule has 1 unspecified atom stereocenters. The van der Waals surface area contributed by atoms with Gasteiger partial charge in [-0.05, 0) is 25.2 Å². The van der Waals surface area contributed by atoms with E-state index in [1.807, 2.05) is 4.98 Å². The summed E-state index contributed by atoms with van der Waals surface area (Å²) in [4.78, 5) is 41.1. The molecule has 1 aromatic heterocycles. The number of H-pyrrole nitrogens is 2. The van der Waals surface area contributed by atoms with E-state index in [2.05, 4.69) is 11.9 Å². The number of piperidine rings is 1. The summed E-state index contributed by atoms with van der Waals surface area (Å²) in [5, 5.41) is 0. The number of nitrogens with two attached hydrogens (primary N) is 1. The highest BCUT2D eigenvalue weighted by molar-refractivity contribution is 5.96. The number of hydrogen-bond acceptors (Lipinski definition) is 4. The number of aromatic amines is 2. The zero-order valence-corrected chi connectivity index (χ0v) is 11.6. The van der Waals surface area contributed by atoms with Gasteiger partial charge in [0.1, 0.15) is 11.4 Å². The van der Waals surface area contributed by atoms with Crippen LogP contribution in [0.3, 0.4) is 0 Å². The molecule has 2 rings (SSSR count). The number of amides is 1. The summed E-state index contributed by atoms with van der Waals surface area (Å²) in [6.45, 7) is 3.40.